The van der Waals surface area contributed by atoms with Gasteiger partial charge in [-0.3, -0.25) is 4.57 Å². The number of alkyl halides is 1. The van der Waals surface area contributed by atoms with Gasteiger partial charge in [-0.2, -0.15) is 0 Å². The Bertz CT molecular complexity index is 799. The highest BCUT2D eigenvalue weighted by Crippen LogP contribution is 2.30. The van der Waals surface area contributed by atoms with E-state index in [1.807, 2.05) is 41.0 Å². The number of nitrogens with zero attached hydrogens (tertiary/aromatic N) is 2. The molecule has 2 aromatic carbocycles. The fraction of sp³-hybridized carbons (Fsp3) is 0.0714. The third kappa shape index (κ3) is 2.50. The highest BCUT2D eigenvalue weighted by molar-refractivity contribution is 9.10. The Balaban J connectivity index is 2.34. The molecule has 6 heteroatoms. The van der Waals surface area contributed by atoms with E-state index in [2.05, 4.69) is 36.8 Å². The van der Waals surface area contributed by atoms with Gasteiger partial charge in [0, 0.05) is 14.0 Å². The summed E-state index contributed by atoms with van der Waals surface area (Å²) in [6.45, 7) is 0. The van der Waals surface area contributed by atoms with Gasteiger partial charge in [0.15, 0.2) is 0 Å². The van der Waals surface area contributed by atoms with Gasteiger partial charge in [0.25, 0.3) is 0 Å². The molecule has 0 spiro atoms. The Hall–Kier alpha value is -0.550. The van der Waals surface area contributed by atoms with Crippen molar-refractivity contribution in [3.63, 3.8) is 0 Å². The average Bonchev–Trinajstić information content (AvgIpc) is 2.76. The van der Waals surface area contributed by atoms with Gasteiger partial charge in [0.05, 0.1) is 22.6 Å². The molecule has 0 unspecified atom stereocenters. The predicted molar refractivity (Wildman–Crippen MR) is 91.0 cm³/mol. The van der Waals surface area contributed by atoms with Crippen molar-refractivity contribution in [2.24, 2.45) is 0 Å². The van der Waals surface area contributed by atoms with Crippen molar-refractivity contribution in [3.05, 3.63) is 56.2 Å². The maximum absolute atomic E-state index is 6.04. The van der Waals surface area contributed by atoms with Crippen LogP contribution in [0.4, 0.5) is 0 Å². The first-order valence-electron chi connectivity index (χ1n) is 5.78. The van der Waals surface area contributed by atoms with E-state index in [0.717, 1.165) is 31.5 Å². The van der Waals surface area contributed by atoms with E-state index in [1.165, 1.54) is 0 Å². The van der Waals surface area contributed by atoms with Crippen molar-refractivity contribution in [1.82, 2.24) is 9.55 Å². The minimum absolute atomic E-state index is 0.335. The third-order valence-electron chi connectivity index (χ3n) is 2.96. The maximum Gasteiger partial charge on any atom is 0.129 e. The maximum atomic E-state index is 6.04. The second kappa shape index (κ2) is 5.68. The molecular weight excluding hydrogens is 427 g/mol. The number of halogens is 4. The number of hydrogen-bond acceptors (Lipinski definition) is 1. The van der Waals surface area contributed by atoms with Crippen LogP contribution in [-0.2, 0) is 5.88 Å². The molecule has 1 heterocycles. The van der Waals surface area contributed by atoms with Crippen molar-refractivity contribution in [2.45, 2.75) is 5.88 Å². The molecule has 102 valence electrons. The SMILES string of the molecule is ClCc1nc2cc(Br)ccc2n1-c1ccc(Cl)cc1Br. The molecule has 0 aliphatic rings. The van der Waals surface area contributed by atoms with Crippen LogP contribution in [0.5, 0.6) is 0 Å². The third-order valence-corrected chi connectivity index (χ3v) is 4.56. The minimum Gasteiger partial charge on any atom is -0.294 e. The Morgan fingerprint density at radius 2 is 1.90 bits per heavy atom. The fourth-order valence-corrected chi connectivity index (χ4v) is 3.51. The predicted octanol–water partition coefficient (Wildman–Crippen LogP) is 5.94. The molecule has 0 bridgehead atoms. The van der Waals surface area contributed by atoms with Gasteiger partial charge in [-0.25, -0.2) is 4.98 Å². The molecule has 0 N–H and O–H groups in total. The van der Waals surface area contributed by atoms with E-state index in [1.54, 1.807) is 0 Å². The summed E-state index contributed by atoms with van der Waals surface area (Å²) in [5, 5.41) is 0.681. The smallest absolute Gasteiger partial charge is 0.129 e. The number of imidazole rings is 1. The van der Waals surface area contributed by atoms with Gasteiger partial charge < -0.3 is 0 Å². The molecule has 0 radical (unpaired) electrons. The summed E-state index contributed by atoms with van der Waals surface area (Å²) in [6.07, 6.45) is 0. The summed E-state index contributed by atoms with van der Waals surface area (Å²) in [5.41, 5.74) is 2.87. The highest BCUT2D eigenvalue weighted by atomic mass is 79.9. The van der Waals surface area contributed by atoms with Crippen molar-refractivity contribution < 1.29 is 0 Å². The molecule has 1 aromatic heterocycles. The lowest BCUT2D eigenvalue weighted by molar-refractivity contribution is 0.977. The van der Waals surface area contributed by atoms with Crippen LogP contribution in [-0.4, -0.2) is 9.55 Å². The van der Waals surface area contributed by atoms with Crippen molar-refractivity contribution in [3.8, 4) is 5.69 Å². The zero-order valence-corrected chi connectivity index (χ0v) is 14.8. The molecule has 3 rings (SSSR count). The topological polar surface area (TPSA) is 17.8 Å². The lowest BCUT2D eigenvalue weighted by Gasteiger charge is -2.10. The number of benzene rings is 2. The zero-order chi connectivity index (χ0) is 14.3. The van der Waals surface area contributed by atoms with Crippen LogP contribution in [0.25, 0.3) is 16.7 Å². The lowest BCUT2D eigenvalue weighted by atomic mass is 10.3. The van der Waals surface area contributed by atoms with Crippen molar-refractivity contribution >= 4 is 66.1 Å². The van der Waals surface area contributed by atoms with Crippen LogP contribution >= 0.6 is 55.1 Å². The first kappa shape index (κ1) is 14.4. The van der Waals surface area contributed by atoms with Crippen LogP contribution in [0.2, 0.25) is 5.02 Å². The molecule has 0 aliphatic carbocycles. The van der Waals surface area contributed by atoms with E-state index in [4.69, 9.17) is 23.2 Å². The quantitative estimate of drug-likeness (QED) is 0.456. The standard InChI is InChI=1S/C14H8Br2Cl2N2/c15-8-1-3-13-11(5-8)19-14(7-17)20(13)12-4-2-9(18)6-10(12)16/h1-6H,7H2. The van der Waals surface area contributed by atoms with Crippen molar-refractivity contribution in [1.29, 1.82) is 0 Å². The second-order valence-corrected chi connectivity index (χ2v) is 6.70. The lowest BCUT2D eigenvalue weighted by Crippen LogP contribution is -2.00. The Kier molecular flexibility index (Phi) is 4.09. The summed E-state index contributed by atoms with van der Waals surface area (Å²) < 4.78 is 3.93. The van der Waals surface area contributed by atoms with Crippen LogP contribution in [0.1, 0.15) is 5.82 Å². The molecule has 0 saturated heterocycles. The van der Waals surface area contributed by atoms with E-state index >= 15 is 0 Å². The minimum atomic E-state index is 0.335. The summed E-state index contributed by atoms with van der Waals surface area (Å²) in [4.78, 5) is 4.58. The van der Waals surface area contributed by atoms with Gasteiger partial charge in [0.2, 0.25) is 0 Å². The zero-order valence-electron chi connectivity index (χ0n) is 10.1. The monoisotopic (exact) mass is 432 g/mol. The first-order chi connectivity index (χ1) is 9.60. The fourth-order valence-electron chi connectivity index (χ4n) is 2.12. The van der Waals surface area contributed by atoms with Crippen LogP contribution in [0.15, 0.2) is 45.3 Å². The molecule has 2 nitrogen and oxygen atoms in total. The van der Waals surface area contributed by atoms with Crippen LogP contribution in [0, 0.1) is 0 Å². The van der Waals surface area contributed by atoms with Gasteiger partial charge in [-0.05, 0) is 52.3 Å². The summed E-state index contributed by atoms with van der Waals surface area (Å²) in [6, 6.07) is 11.6. The van der Waals surface area contributed by atoms with E-state index in [-0.39, 0.29) is 0 Å². The van der Waals surface area contributed by atoms with E-state index < -0.39 is 0 Å². The molecule has 20 heavy (non-hydrogen) atoms. The molecule has 0 saturated carbocycles. The second-order valence-electron chi connectivity index (χ2n) is 4.23. The molecular formula is C14H8Br2Cl2N2. The van der Waals surface area contributed by atoms with E-state index in [9.17, 15) is 0 Å². The largest absolute Gasteiger partial charge is 0.294 e. The highest BCUT2D eigenvalue weighted by Gasteiger charge is 2.14. The van der Waals surface area contributed by atoms with Gasteiger partial charge in [0.1, 0.15) is 5.82 Å². The van der Waals surface area contributed by atoms with Gasteiger partial charge in [-0.1, -0.05) is 27.5 Å². The number of rotatable bonds is 2. The van der Waals surface area contributed by atoms with Crippen LogP contribution < -0.4 is 0 Å². The average molecular weight is 435 g/mol. The van der Waals surface area contributed by atoms with Crippen LogP contribution in [0.3, 0.4) is 0 Å². The van der Waals surface area contributed by atoms with Gasteiger partial charge in [-0.15, -0.1) is 11.6 Å². The number of hydrogen-bond donors (Lipinski definition) is 0. The number of fused-ring (bicyclic) bond motifs is 1. The Morgan fingerprint density at radius 1 is 1.10 bits per heavy atom. The number of aromatic nitrogens is 2. The summed E-state index contributed by atoms with van der Waals surface area (Å²) in [7, 11) is 0. The first-order valence-corrected chi connectivity index (χ1v) is 8.28. The molecule has 3 aromatic rings. The molecule has 0 atom stereocenters. The molecule has 0 amide bonds. The molecule has 0 aliphatic heterocycles. The summed E-state index contributed by atoms with van der Waals surface area (Å²) in [5.74, 6) is 1.13. The Labute approximate surface area is 143 Å². The van der Waals surface area contributed by atoms with E-state index in [0.29, 0.717) is 10.9 Å². The molecule has 0 fully saturated rings. The van der Waals surface area contributed by atoms with Gasteiger partial charge >= 0.3 is 0 Å². The summed E-state index contributed by atoms with van der Waals surface area (Å²) >= 11 is 19.1. The Morgan fingerprint density at radius 3 is 2.60 bits per heavy atom. The normalized spacial score (nSPS) is 11.2. The van der Waals surface area contributed by atoms with Crippen molar-refractivity contribution in [2.75, 3.05) is 0 Å².